The Morgan fingerprint density at radius 2 is 1.53 bits per heavy atom. The van der Waals surface area contributed by atoms with Crippen molar-refractivity contribution in [3.05, 3.63) is 83.4 Å². The molecule has 1 saturated heterocycles. The van der Waals surface area contributed by atoms with E-state index in [9.17, 15) is 40.2 Å². The molecule has 264 valence electrons. The number of carbonyl (C=O) groups is 2. The summed E-state index contributed by atoms with van der Waals surface area (Å²) in [6, 6.07) is 15.9. The van der Waals surface area contributed by atoms with Crippen LogP contribution in [0.3, 0.4) is 0 Å². The normalized spacial score (nSPS) is 21.3. The summed E-state index contributed by atoms with van der Waals surface area (Å²) in [4.78, 5) is 25.5. The predicted molar refractivity (Wildman–Crippen MR) is 175 cm³/mol. The van der Waals surface area contributed by atoms with Gasteiger partial charge in [-0.25, -0.2) is 4.79 Å². The van der Waals surface area contributed by atoms with Crippen LogP contribution < -0.4 is 9.47 Å². The van der Waals surface area contributed by atoms with E-state index in [1.807, 2.05) is 0 Å². The predicted octanol–water partition coefficient (Wildman–Crippen LogP) is 2.79. The first-order chi connectivity index (χ1) is 23.5. The third kappa shape index (κ3) is 10.7. The van der Waals surface area contributed by atoms with Crippen LogP contribution in [0.15, 0.2) is 66.7 Å². The van der Waals surface area contributed by atoms with Crippen molar-refractivity contribution in [3.63, 3.8) is 0 Å². The molecule has 0 saturated carbocycles. The van der Waals surface area contributed by atoms with Crippen molar-refractivity contribution < 1.29 is 63.9 Å². The Hall–Kier alpha value is -4.66. The second kappa shape index (κ2) is 17.7. The maximum absolute atomic E-state index is 13.1. The number of Topliss-reactive ketones (excluding diaryl/α,β-unsaturated/α-hetero) is 1. The summed E-state index contributed by atoms with van der Waals surface area (Å²) in [7, 11) is 2.99. The molecule has 13 heteroatoms. The third-order valence-corrected chi connectivity index (χ3v) is 8.08. The van der Waals surface area contributed by atoms with E-state index in [1.54, 1.807) is 36.4 Å². The molecule has 49 heavy (non-hydrogen) atoms. The van der Waals surface area contributed by atoms with Crippen molar-refractivity contribution in [2.24, 2.45) is 0 Å². The molecule has 1 aliphatic heterocycles. The maximum Gasteiger partial charge on any atom is 0.330 e. The molecule has 0 radical (unpaired) electrons. The summed E-state index contributed by atoms with van der Waals surface area (Å²) < 4.78 is 27.5. The van der Waals surface area contributed by atoms with Gasteiger partial charge < -0.3 is 54.3 Å². The lowest BCUT2D eigenvalue weighted by molar-refractivity contribution is -0.311. The maximum atomic E-state index is 13.1. The minimum absolute atomic E-state index is 0.0893. The van der Waals surface area contributed by atoms with Gasteiger partial charge in [0.05, 0.1) is 20.3 Å². The van der Waals surface area contributed by atoms with E-state index in [-0.39, 0.29) is 35.9 Å². The summed E-state index contributed by atoms with van der Waals surface area (Å²) in [5, 5.41) is 60.9. The van der Waals surface area contributed by atoms with E-state index >= 15 is 0 Å². The number of aliphatic hydroxyl groups excluding tert-OH is 3. The fraction of sp³-hybridized carbons (Fsp3) is 0.389. The average Bonchev–Trinajstić information content (AvgIpc) is 3.10. The molecule has 1 aliphatic rings. The Kier molecular flexibility index (Phi) is 13.4. The van der Waals surface area contributed by atoms with Crippen molar-refractivity contribution in [2.45, 2.75) is 68.9 Å². The summed E-state index contributed by atoms with van der Waals surface area (Å²) in [6.07, 6.45) is -4.87. The smallest absolute Gasteiger partial charge is 0.330 e. The van der Waals surface area contributed by atoms with E-state index in [1.165, 1.54) is 50.6 Å². The Morgan fingerprint density at radius 3 is 2.22 bits per heavy atom. The molecular weight excluding hydrogens is 640 g/mol. The number of ether oxygens (including phenoxy) is 5. The zero-order valence-corrected chi connectivity index (χ0v) is 27.2. The van der Waals surface area contributed by atoms with Gasteiger partial charge in [-0.05, 0) is 78.4 Å². The number of esters is 1. The van der Waals surface area contributed by atoms with Gasteiger partial charge >= 0.3 is 5.97 Å². The number of phenols is 3. The highest BCUT2D eigenvalue weighted by atomic mass is 16.7. The number of ketones is 1. The number of hydrogen-bond acceptors (Lipinski definition) is 13. The standard InChI is InChI=1S/C36H42O13/c1-45-29-15-8-23(18-30(29)46-2)9-16-32(41)47-20-31-33(42)34(43)35(44)36(49-31)48-26(13-6-21-3-10-24(37)11-4-21)19-25(38)12-5-22-7-14-27(39)28(40)17-22/h3-4,7-11,14-18,26,31,33-37,39-40,42-44H,5-6,12-13,19-20H2,1-2H3/t26-,31+,33+,34-,35+,36+/m0/s1. The van der Waals surface area contributed by atoms with E-state index < -0.39 is 49.4 Å². The molecule has 0 amide bonds. The van der Waals surface area contributed by atoms with Crippen LogP contribution in [0.2, 0.25) is 0 Å². The van der Waals surface area contributed by atoms with Gasteiger partial charge in [-0.15, -0.1) is 0 Å². The zero-order valence-electron chi connectivity index (χ0n) is 27.2. The van der Waals surface area contributed by atoms with Crippen molar-refractivity contribution in [2.75, 3.05) is 20.8 Å². The minimum Gasteiger partial charge on any atom is -0.508 e. The van der Waals surface area contributed by atoms with Crippen LogP contribution in [0.5, 0.6) is 28.7 Å². The lowest BCUT2D eigenvalue weighted by Crippen LogP contribution is -2.60. The van der Waals surface area contributed by atoms with Crippen LogP contribution >= 0.6 is 0 Å². The Morgan fingerprint density at radius 1 is 0.816 bits per heavy atom. The minimum atomic E-state index is -1.71. The summed E-state index contributed by atoms with van der Waals surface area (Å²) in [5.74, 6) is -0.430. The molecule has 1 fully saturated rings. The largest absolute Gasteiger partial charge is 0.508 e. The number of aliphatic hydroxyl groups is 3. The zero-order chi connectivity index (χ0) is 35.5. The van der Waals surface area contributed by atoms with Gasteiger partial charge in [-0.2, -0.15) is 0 Å². The van der Waals surface area contributed by atoms with Gasteiger partial charge in [0.25, 0.3) is 0 Å². The molecule has 4 rings (SSSR count). The molecule has 3 aromatic rings. The summed E-state index contributed by atoms with van der Waals surface area (Å²) in [5.41, 5.74) is 2.12. The van der Waals surface area contributed by atoms with E-state index in [0.717, 1.165) is 5.56 Å². The van der Waals surface area contributed by atoms with E-state index in [0.29, 0.717) is 41.9 Å². The van der Waals surface area contributed by atoms with Gasteiger partial charge in [0.2, 0.25) is 0 Å². The van der Waals surface area contributed by atoms with Crippen molar-refractivity contribution >= 4 is 17.8 Å². The summed E-state index contributed by atoms with van der Waals surface area (Å²) >= 11 is 0. The Bertz CT molecular complexity index is 1570. The number of benzene rings is 3. The molecule has 0 aliphatic carbocycles. The molecular formula is C36H42O13. The second-order valence-electron chi connectivity index (χ2n) is 11.6. The third-order valence-electron chi connectivity index (χ3n) is 8.08. The molecule has 0 bridgehead atoms. The van der Waals surface area contributed by atoms with Gasteiger partial charge in [0, 0.05) is 18.9 Å². The average molecular weight is 683 g/mol. The van der Waals surface area contributed by atoms with Crippen LogP contribution in [-0.4, -0.2) is 100 Å². The molecule has 0 aromatic heterocycles. The molecule has 6 N–H and O–H groups in total. The van der Waals surface area contributed by atoms with Crippen LogP contribution in [-0.2, 0) is 36.6 Å². The van der Waals surface area contributed by atoms with E-state index in [2.05, 4.69) is 0 Å². The monoisotopic (exact) mass is 682 g/mol. The quantitative estimate of drug-likeness (QED) is 0.0733. The highest BCUT2D eigenvalue weighted by molar-refractivity contribution is 5.87. The van der Waals surface area contributed by atoms with Gasteiger partial charge in [0.1, 0.15) is 42.6 Å². The topological polar surface area (TPSA) is 202 Å². The number of carbonyl (C=O) groups excluding carboxylic acids is 2. The number of aryl methyl sites for hydroxylation is 2. The molecule has 6 atom stereocenters. The molecule has 0 spiro atoms. The van der Waals surface area contributed by atoms with Gasteiger partial charge in [-0.1, -0.05) is 24.3 Å². The molecule has 1 heterocycles. The second-order valence-corrected chi connectivity index (χ2v) is 11.6. The first-order valence-corrected chi connectivity index (χ1v) is 15.7. The van der Waals surface area contributed by atoms with Crippen LogP contribution in [0, 0.1) is 0 Å². The van der Waals surface area contributed by atoms with Crippen molar-refractivity contribution in [1.29, 1.82) is 0 Å². The van der Waals surface area contributed by atoms with Crippen molar-refractivity contribution in [1.82, 2.24) is 0 Å². The first kappa shape index (κ1) is 37.2. The Labute approximate surface area is 283 Å². The van der Waals surface area contributed by atoms with Crippen LogP contribution in [0.1, 0.15) is 36.0 Å². The molecule has 13 nitrogen and oxygen atoms in total. The van der Waals surface area contributed by atoms with E-state index in [4.69, 9.17) is 23.7 Å². The van der Waals surface area contributed by atoms with Crippen molar-refractivity contribution in [3.8, 4) is 28.7 Å². The number of rotatable bonds is 16. The Balaban J connectivity index is 1.39. The molecule has 0 unspecified atom stereocenters. The fourth-order valence-electron chi connectivity index (χ4n) is 5.26. The number of aromatic hydroxyl groups is 3. The summed E-state index contributed by atoms with van der Waals surface area (Å²) in [6.45, 7) is -0.476. The lowest BCUT2D eigenvalue weighted by Gasteiger charge is -2.41. The highest BCUT2D eigenvalue weighted by Crippen LogP contribution is 2.29. The number of methoxy groups -OCH3 is 2. The first-order valence-electron chi connectivity index (χ1n) is 15.7. The number of phenolic OH excluding ortho intramolecular Hbond substituents is 3. The number of hydrogen-bond donors (Lipinski definition) is 6. The molecule has 3 aromatic carbocycles. The van der Waals surface area contributed by atoms with Crippen LogP contribution in [0.25, 0.3) is 6.08 Å². The fourth-order valence-corrected chi connectivity index (χ4v) is 5.26. The SMILES string of the molecule is COc1ccc(C=CC(=O)OC[C@H]2O[C@@H](O[C@@H](CCc3ccc(O)cc3)CC(=O)CCc3ccc(O)c(O)c3)[C@H](O)[C@@H](O)[C@@H]2O)cc1OC. The lowest BCUT2D eigenvalue weighted by atomic mass is 9.98. The van der Waals surface area contributed by atoms with Gasteiger partial charge in [-0.3, -0.25) is 4.79 Å². The van der Waals surface area contributed by atoms with Gasteiger partial charge in [0.15, 0.2) is 29.3 Å². The highest BCUT2D eigenvalue weighted by Gasteiger charge is 2.45. The van der Waals surface area contributed by atoms with Crippen LogP contribution in [0.4, 0.5) is 0 Å².